The van der Waals surface area contributed by atoms with E-state index in [1.54, 1.807) is 7.11 Å². The molecule has 2 aliphatic rings. The number of pyridine rings is 1. The molecule has 0 N–H and O–H groups in total. The summed E-state index contributed by atoms with van der Waals surface area (Å²) in [6, 6.07) is 4.41. The summed E-state index contributed by atoms with van der Waals surface area (Å²) < 4.78 is 5.66. The maximum Gasteiger partial charge on any atom is 0.146 e. The number of anilines is 1. The van der Waals surface area contributed by atoms with Gasteiger partial charge in [0.15, 0.2) is 0 Å². The minimum Gasteiger partial charge on any atom is -0.377 e. The minimum atomic E-state index is -0.136. The Hall–Kier alpha value is -1.60. The number of nitrogens with zero attached hydrogens (tertiary/aromatic N) is 3. The number of aromatic nitrogens is 1. The van der Waals surface area contributed by atoms with Crippen LogP contribution in [0.5, 0.6) is 0 Å². The van der Waals surface area contributed by atoms with Crippen LogP contribution in [0.3, 0.4) is 0 Å². The summed E-state index contributed by atoms with van der Waals surface area (Å²) in [4.78, 5) is 7.09. The average Bonchev–Trinajstić information content (AvgIpc) is 2.53. The van der Waals surface area contributed by atoms with Gasteiger partial charge in [-0.15, -0.1) is 0 Å². The Morgan fingerprint density at radius 1 is 1.33 bits per heavy atom. The summed E-state index contributed by atoms with van der Waals surface area (Å²) in [6.07, 6.45) is 6.67. The monoisotopic (exact) mass is 285 g/mol. The lowest BCUT2D eigenvalue weighted by atomic mass is 9.93. The molecule has 1 saturated heterocycles. The van der Waals surface area contributed by atoms with Crippen LogP contribution in [-0.4, -0.2) is 30.8 Å². The highest BCUT2D eigenvalue weighted by molar-refractivity contribution is 5.57. The van der Waals surface area contributed by atoms with Crippen LogP contribution >= 0.6 is 0 Å². The fourth-order valence-corrected chi connectivity index (χ4v) is 3.50. The van der Waals surface area contributed by atoms with Gasteiger partial charge in [-0.1, -0.05) is 0 Å². The first-order valence-electron chi connectivity index (χ1n) is 7.88. The molecule has 0 saturated carbocycles. The third-order valence-electron chi connectivity index (χ3n) is 4.85. The molecule has 0 amide bonds. The predicted octanol–water partition coefficient (Wildman–Crippen LogP) is 2.84. The molecule has 112 valence electrons. The molecule has 1 fully saturated rings. The minimum absolute atomic E-state index is 0.136. The van der Waals surface area contributed by atoms with Gasteiger partial charge in [0.1, 0.15) is 11.9 Å². The van der Waals surface area contributed by atoms with Crippen molar-refractivity contribution in [2.24, 2.45) is 0 Å². The van der Waals surface area contributed by atoms with Crippen molar-refractivity contribution in [1.82, 2.24) is 4.98 Å². The molecule has 0 radical (unpaired) electrons. The molecule has 1 aromatic rings. The maximum atomic E-state index is 9.49. The predicted molar refractivity (Wildman–Crippen MR) is 82.5 cm³/mol. The van der Waals surface area contributed by atoms with Gasteiger partial charge in [-0.3, -0.25) is 0 Å². The first kappa shape index (κ1) is 14.3. The van der Waals surface area contributed by atoms with Gasteiger partial charge < -0.3 is 9.64 Å². The number of aryl methyl sites for hydroxylation is 2. The topological polar surface area (TPSA) is 49.1 Å². The van der Waals surface area contributed by atoms with Crippen molar-refractivity contribution in [3.8, 4) is 6.07 Å². The lowest BCUT2D eigenvalue weighted by Gasteiger charge is -2.40. The molecule has 4 nitrogen and oxygen atoms in total. The van der Waals surface area contributed by atoms with Gasteiger partial charge >= 0.3 is 0 Å². The number of fused-ring (bicyclic) bond motifs is 1. The number of hydrogen-bond acceptors (Lipinski definition) is 4. The van der Waals surface area contributed by atoms with Crippen LogP contribution < -0.4 is 4.90 Å². The number of piperidine rings is 1. The van der Waals surface area contributed by atoms with Gasteiger partial charge in [0.2, 0.25) is 0 Å². The van der Waals surface area contributed by atoms with Crippen molar-refractivity contribution in [3.63, 3.8) is 0 Å². The Bertz CT molecular complexity index is 578. The van der Waals surface area contributed by atoms with Crippen molar-refractivity contribution in [2.75, 3.05) is 25.1 Å². The van der Waals surface area contributed by atoms with Crippen LogP contribution in [0, 0.1) is 11.3 Å². The molecule has 4 heteroatoms. The highest BCUT2D eigenvalue weighted by Crippen LogP contribution is 2.31. The van der Waals surface area contributed by atoms with Crippen molar-refractivity contribution in [1.29, 1.82) is 5.26 Å². The smallest absolute Gasteiger partial charge is 0.146 e. The van der Waals surface area contributed by atoms with E-state index in [-0.39, 0.29) is 5.60 Å². The van der Waals surface area contributed by atoms with E-state index in [0.29, 0.717) is 0 Å². The molecule has 3 rings (SSSR count). The van der Waals surface area contributed by atoms with E-state index in [4.69, 9.17) is 9.72 Å². The molecule has 0 bridgehead atoms. The molecule has 1 aromatic heterocycles. The van der Waals surface area contributed by atoms with Crippen LogP contribution in [0.4, 0.5) is 5.82 Å². The summed E-state index contributed by atoms with van der Waals surface area (Å²) in [5.74, 6) is 0.862. The number of nitriles is 1. The Morgan fingerprint density at radius 2 is 2.14 bits per heavy atom. The highest BCUT2D eigenvalue weighted by Gasteiger charge is 2.32. The first-order valence-corrected chi connectivity index (χ1v) is 7.88. The third kappa shape index (κ3) is 2.75. The van der Waals surface area contributed by atoms with Gasteiger partial charge in [0.05, 0.1) is 11.2 Å². The Balaban J connectivity index is 1.96. The molecular formula is C17H23N3O. The van der Waals surface area contributed by atoms with Crippen molar-refractivity contribution < 1.29 is 4.74 Å². The van der Waals surface area contributed by atoms with Gasteiger partial charge in [-0.2, -0.15) is 5.26 Å². The zero-order valence-electron chi connectivity index (χ0n) is 13.0. The molecule has 2 heterocycles. The first-order chi connectivity index (χ1) is 10.1. The van der Waals surface area contributed by atoms with Gasteiger partial charge in [0, 0.05) is 25.9 Å². The average molecular weight is 285 g/mol. The second kappa shape index (κ2) is 5.65. The molecule has 0 spiro atoms. The van der Waals surface area contributed by atoms with Crippen LogP contribution in [0.1, 0.15) is 49.4 Å². The molecule has 21 heavy (non-hydrogen) atoms. The largest absolute Gasteiger partial charge is 0.377 e. The number of methoxy groups -OCH3 is 1. The second-order valence-corrected chi connectivity index (χ2v) is 6.46. The lowest BCUT2D eigenvalue weighted by molar-refractivity contribution is -0.00483. The molecular weight excluding hydrogens is 262 g/mol. The summed E-state index contributed by atoms with van der Waals surface area (Å²) in [7, 11) is 1.77. The van der Waals surface area contributed by atoms with E-state index in [9.17, 15) is 5.26 Å². The van der Waals surface area contributed by atoms with E-state index in [1.807, 2.05) is 0 Å². The summed E-state index contributed by atoms with van der Waals surface area (Å²) in [5.41, 5.74) is 3.05. The third-order valence-corrected chi connectivity index (χ3v) is 4.85. The van der Waals surface area contributed by atoms with Gasteiger partial charge in [-0.25, -0.2) is 4.98 Å². The van der Waals surface area contributed by atoms with E-state index in [0.717, 1.165) is 50.2 Å². The quantitative estimate of drug-likeness (QED) is 0.838. The summed E-state index contributed by atoms with van der Waals surface area (Å²) in [6.45, 7) is 3.91. The zero-order chi connectivity index (χ0) is 14.9. The Morgan fingerprint density at radius 3 is 2.90 bits per heavy atom. The number of hydrogen-bond donors (Lipinski definition) is 0. The van der Waals surface area contributed by atoms with E-state index in [1.165, 1.54) is 24.1 Å². The van der Waals surface area contributed by atoms with Crippen LogP contribution in [-0.2, 0) is 17.6 Å². The van der Waals surface area contributed by atoms with Gasteiger partial charge in [-0.05, 0) is 57.1 Å². The van der Waals surface area contributed by atoms with E-state index < -0.39 is 0 Å². The Labute approximate surface area is 126 Å². The molecule has 0 aromatic carbocycles. The van der Waals surface area contributed by atoms with Gasteiger partial charge in [0.25, 0.3) is 0 Å². The number of ether oxygens (including phenoxy) is 1. The van der Waals surface area contributed by atoms with Crippen molar-refractivity contribution >= 4 is 5.82 Å². The molecule has 1 atom stereocenters. The second-order valence-electron chi connectivity index (χ2n) is 6.46. The Kier molecular flexibility index (Phi) is 3.86. The van der Waals surface area contributed by atoms with Crippen molar-refractivity contribution in [3.05, 3.63) is 22.9 Å². The SMILES string of the molecule is COC1(C)CCCN(c2nc3c(cc2C#N)CCCC3)C1. The van der Waals surface area contributed by atoms with Crippen LogP contribution in [0.25, 0.3) is 0 Å². The highest BCUT2D eigenvalue weighted by atomic mass is 16.5. The number of rotatable bonds is 2. The lowest BCUT2D eigenvalue weighted by Crippen LogP contribution is -2.48. The van der Waals surface area contributed by atoms with Crippen LogP contribution in [0.15, 0.2) is 6.07 Å². The van der Waals surface area contributed by atoms with E-state index >= 15 is 0 Å². The maximum absolute atomic E-state index is 9.49. The molecule has 1 aliphatic carbocycles. The molecule has 1 unspecified atom stereocenters. The summed E-state index contributed by atoms with van der Waals surface area (Å²) >= 11 is 0. The standard InChI is InChI=1S/C17H23N3O/c1-17(21-2)8-5-9-20(12-17)16-14(11-18)10-13-6-3-4-7-15(13)19-16/h10H,3-9,12H2,1-2H3. The van der Waals surface area contributed by atoms with E-state index in [2.05, 4.69) is 24.0 Å². The summed E-state index contributed by atoms with van der Waals surface area (Å²) in [5, 5.41) is 9.49. The fraction of sp³-hybridized carbons (Fsp3) is 0.647. The fourth-order valence-electron chi connectivity index (χ4n) is 3.50. The van der Waals surface area contributed by atoms with Crippen LogP contribution in [0.2, 0.25) is 0 Å². The zero-order valence-corrected chi connectivity index (χ0v) is 13.0. The van der Waals surface area contributed by atoms with Crippen molar-refractivity contribution in [2.45, 2.75) is 51.0 Å². The molecule has 1 aliphatic heterocycles. The normalized spacial score (nSPS) is 25.3.